The van der Waals surface area contributed by atoms with E-state index in [9.17, 15) is 4.79 Å². The number of ether oxygens (including phenoxy) is 1. The number of benzene rings is 2. The predicted molar refractivity (Wildman–Crippen MR) is 84.7 cm³/mol. The van der Waals surface area contributed by atoms with Gasteiger partial charge in [-0.25, -0.2) is 4.79 Å². The van der Waals surface area contributed by atoms with Gasteiger partial charge in [-0.15, -0.1) is 0 Å². The van der Waals surface area contributed by atoms with E-state index in [1.165, 1.54) is 0 Å². The molecule has 110 valence electrons. The smallest absolute Gasteiger partial charge is 0.328 e. The monoisotopic (exact) mass is 283 g/mol. The van der Waals surface area contributed by atoms with Crippen LogP contribution in [0.25, 0.3) is 11.1 Å². The Hall–Kier alpha value is -2.13. The second-order valence-electron chi connectivity index (χ2n) is 6.00. The van der Waals surface area contributed by atoms with Gasteiger partial charge in [-0.2, -0.15) is 0 Å². The molecule has 2 aromatic rings. The Morgan fingerprint density at radius 3 is 2.24 bits per heavy atom. The van der Waals surface area contributed by atoms with Gasteiger partial charge in [-0.05, 0) is 43.5 Å². The van der Waals surface area contributed by atoms with Gasteiger partial charge in [0.25, 0.3) is 0 Å². The van der Waals surface area contributed by atoms with E-state index < -0.39 is 17.6 Å². The molecule has 0 saturated carbocycles. The summed E-state index contributed by atoms with van der Waals surface area (Å²) in [7, 11) is 0. The Kier molecular flexibility index (Phi) is 4.43. The molecule has 0 aromatic heterocycles. The molecule has 3 nitrogen and oxygen atoms in total. The molecule has 0 fully saturated rings. The largest absolute Gasteiger partial charge is 0.459 e. The minimum Gasteiger partial charge on any atom is -0.459 e. The molecule has 0 heterocycles. The summed E-state index contributed by atoms with van der Waals surface area (Å²) < 4.78 is 5.34. The minimum atomic E-state index is -0.770. The highest BCUT2D eigenvalue weighted by Gasteiger charge is 2.23. The summed E-state index contributed by atoms with van der Waals surface area (Å²) in [5, 5.41) is 0. The zero-order chi connectivity index (χ0) is 15.5. The quantitative estimate of drug-likeness (QED) is 0.874. The van der Waals surface area contributed by atoms with Crippen LogP contribution in [0, 0.1) is 0 Å². The topological polar surface area (TPSA) is 52.3 Å². The van der Waals surface area contributed by atoms with Gasteiger partial charge < -0.3 is 10.5 Å². The zero-order valence-electron chi connectivity index (χ0n) is 12.7. The average molecular weight is 283 g/mol. The number of nitrogens with two attached hydrogens (primary N) is 1. The highest BCUT2D eigenvalue weighted by molar-refractivity contribution is 5.78. The SMILES string of the molecule is CC(C)(C)OC(=O)C(N)c1cccc(-c2ccccc2)c1. The Bertz CT molecular complexity index is 615. The summed E-state index contributed by atoms with van der Waals surface area (Å²) in [6.45, 7) is 5.49. The van der Waals surface area contributed by atoms with E-state index in [1.807, 2.05) is 75.4 Å². The molecule has 0 spiro atoms. The van der Waals surface area contributed by atoms with Gasteiger partial charge in [0.15, 0.2) is 0 Å². The number of esters is 1. The minimum absolute atomic E-state index is 0.410. The van der Waals surface area contributed by atoms with Crippen molar-refractivity contribution in [3.8, 4) is 11.1 Å². The van der Waals surface area contributed by atoms with Crippen molar-refractivity contribution in [2.24, 2.45) is 5.73 Å². The molecular weight excluding hydrogens is 262 g/mol. The third-order valence-electron chi connectivity index (χ3n) is 3.01. The van der Waals surface area contributed by atoms with E-state index in [0.29, 0.717) is 0 Å². The van der Waals surface area contributed by atoms with E-state index in [4.69, 9.17) is 10.5 Å². The van der Waals surface area contributed by atoms with Gasteiger partial charge in [-0.1, -0.05) is 48.5 Å². The third kappa shape index (κ3) is 4.17. The molecule has 0 radical (unpaired) electrons. The lowest BCUT2D eigenvalue weighted by molar-refractivity contribution is -0.156. The van der Waals surface area contributed by atoms with E-state index >= 15 is 0 Å². The molecule has 1 atom stereocenters. The average Bonchev–Trinajstić information content (AvgIpc) is 2.46. The molecule has 2 N–H and O–H groups in total. The fourth-order valence-electron chi connectivity index (χ4n) is 2.04. The highest BCUT2D eigenvalue weighted by atomic mass is 16.6. The molecule has 2 rings (SSSR count). The van der Waals surface area contributed by atoms with Gasteiger partial charge in [0.1, 0.15) is 11.6 Å². The predicted octanol–water partition coefficient (Wildman–Crippen LogP) is 3.70. The van der Waals surface area contributed by atoms with Crippen molar-refractivity contribution in [1.29, 1.82) is 0 Å². The third-order valence-corrected chi connectivity index (χ3v) is 3.01. The van der Waals surface area contributed by atoms with E-state index in [-0.39, 0.29) is 0 Å². The van der Waals surface area contributed by atoms with Gasteiger partial charge in [0.05, 0.1) is 0 Å². The first-order chi connectivity index (χ1) is 9.87. The fraction of sp³-hybridized carbons (Fsp3) is 0.278. The van der Waals surface area contributed by atoms with Crippen molar-refractivity contribution in [3.63, 3.8) is 0 Å². The maximum Gasteiger partial charge on any atom is 0.328 e. The first kappa shape index (κ1) is 15.3. The van der Waals surface area contributed by atoms with Crippen molar-refractivity contribution in [2.45, 2.75) is 32.4 Å². The Labute approximate surface area is 125 Å². The summed E-state index contributed by atoms with van der Waals surface area (Å²) in [5.41, 5.74) is 8.36. The van der Waals surface area contributed by atoms with Crippen LogP contribution in [-0.2, 0) is 9.53 Å². The Morgan fingerprint density at radius 1 is 1.00 bits per heavy atom. The summed E-state index contributed by atoms with van der Waals surface area (Å²) in [4.78, 5) is 12.1. The first-order valence-electron chi connectivity index (χ1n) is 7.01. The molecular formula is C18H21NO2. The van der Waals surface area contributed by atoms with Crippen LogP contribution in [0.1, 0.15) is 32.4 Å². The maximum absolute atomic E-state index is 12.1. The van der Waals surface area contributed by atoms with Gasteiger partial charge in [0, 0.05) is 0 Å². The van der Waals surface area contributed by atoms with Crippen LogP contribution < -0.4 is 5.73 Å². The number of hydrogen-bond donors (Lipinski definition) is 1. The molecule has 3 heteroatoms. The second kappa shape index (κ2) is 6.10. The van der Waals surface area contributed by atoms with Crippen molar-refractivity contribution < 1.29 is 9.53 Å². The van der Waals surface area contributed by atoms with Gasteiger partial charge >= 0.3 is 5.97 Å². The van der Waals surface area contributed by atoms with Crippen molar-refractivity contribution in [3.05, 3.63) is 60.2 Å². The lowest BCUT2D eigenvalue weighted by Crippen LogP contribution is -2.31. The zero-order valence-corrected chi connectivity index (χ0v) is 12.7. The molecule has 2 aromatic carbocycles. The summed E-state index contributed by atoms with van der Waals surface area (Å²) >= 11 is 0. The van der Waals surface area contributed by atoms with Crippen molar-refractivity contribution in [1.82, 2.24) is 0 Å². The molecule has 0 bridgehead atoms. The van der Waals surface area contributed by atoms with Crippen LogP contribution in [0.15, 0.2) is 54.6 Å². The van der Waals surface area contributed by atoms with Crippen LogP contribution in [0.5, 0.6) is 0 Å². The lowest BCUT2D eigenvalue weighted by atomic mass is 10.00. The second-order valence-corrected chi connectivity index (χ2v) is 6.00. The van der Waals surface area contributed by atoms with Crippen molar-refractivity contribution >= 4 is 5.97 Å². The number of carbonyl (C=O) groups excluding carboxylic acids is 1. The molecule has 0 aliphatic heterocycles. The van der Waals surface area contributed by atoms with Crippen LogP contribution in [0.2, 0.25) is 0 Å². The Balaban J connectivity index is 2.23. The van der Waals surface area contributed by atoms with Crippen LogP contribution in [0.4, 0.5) is 0 Å². The first-order valence-corrected chi connectivity index (χ1v) is 7.01. The summed E-state index contributed by atoms with van der Waals surface area (Å²) in [6.07, 6.45) is 0. The van der Waals surface area contributed by atoms with Gasteiger partial charge in [0.2, 0.25) is 0 Å². The van der Waals surface area contributed by atoms with Crippen LogP contribution in [-0.4, -0.2) is 11.6 Å². The van der Waals surface area contributed by atoms with E-state index in [2.05, 4.69) is 0 Å². The van der Waals surface area contributed by atoms with Crippen LogP contribution in [0.3, 0.4) is 0 Å². The maximum atomic E-state index is 12.1. The fourth-order valence-corrected chi connectivity index (χ4v) is 2.04. The molecule has 0 aliphatic carbocycles. The molecule has 21 heavy (non-hydrogen) atoms. The molecule has 0 saturated heterocycles. The Morgan fingerprint density at radius 2 is 1.62 bits per heavy atom. The van der Waals surface area contributed by atoms with E-state index in [0.717, 1.165) is 16.7 Å². The number of hydrogen-bond acceptors (Lipinski definition) is 3. The van der Waals surface area contributed by atoms with Crippen LogP contribution >= 0.6 is 0 Å². The standard InChI is InChI=1S/C18H21NO2/c1-18(2,3)21-17(20)16(19)15-11-7-10-14(12-15)13-8-5-4-6-9-13/h4-12,16H,19H2,1-3H3. The molecule has 0 aliphatic rings. The number of rotatable bonds is 3. The lowest BCUT2D eigenvalue weighted by Gasteiger charge is -2.22. The summed E-state index contributed by atoms with van der Waals surface area (Å²) in [6, 6.07) is 16.9. The highest BCUT2D eigenvalue weighted by Crippen LogP contribution is 2.23. The van der Waals surface area contributed by atoms with Gasteiger partial charge in [-0.3, -0.25) is 0 Å². The normalized spacial score (nSPS) is 12.8. The summed E-state index contributed by atoms with van der Waals surface area (Å²) in [5.74, 6) is -0.410. The van der Waals surface area contributed by atoms with Crippen molar-refractivity contribution in [2.75, 3.05) is 0 Å². The van der Waals surface area contributed by atoms with E-state index in [1.54, 1.807) is 0 Å². The molecule has 1 unspecified atom stereocenters. The number of carbonyl (C=O) groups is 1. The molecule has 0 amide bonds.